The van der Waals surface area contributed by atoms with Gasteiger partial charge in [0.1, 0.15) is 40.9 Å². The number of urea groups is 1. The van der Waals surface area contributed by atoms with Gasteiger partial charge in [-0.1, -0.05) is 38.3 Å². The average molecular weight is 913 g/mol. The lowest BCUT2D eigenvalue weighted by Gasteiger charge is -2.37. The highest BCUT2D eigenvalue weighted by Crippen LogP contribution is 2.36. The summed E-state index contributed by atoms with van der Waals surface area (Å²) in [7, 11) is -0.425. The van der Waals surface area contributed by atoms with Crippen LogP contribution in [-0.2, 0) is 19.6 Å². The SMILES string of the molecule is CC[C@]1(C(O)O)/C=C\CCCCC[C@H](NC(=O)NC(CN(C)S(=O)(=O)CC)C2CCC2)C(=O)N2C[C@H](Oc3cc(-c4csc(NC(C)C)n4)nc4cc(OC)ccc34)C[C@H]2C(=O)N1. The predicted molar refractivity (Wildman–Crippen MR) is 243 cm³/mol. The van der Waals surface area contributed by atoms with Gasteiger partial charge in [-0.2, -0.15) is 0 Å². The largest absolute Gasteiger partial charge is 0.497 e. The van der Waals surface area contributed by atoms with E-state index in [-0.39, 0.29) is 43.6 Å². The minimum Gasteiger partial charge on any atom is -0.497 e. The molecule has 6 N–H and O–H groups in total. The number of nitrogens with one attached hydrogen (secondary N) is 4. The van der Waals surface area contributed by atoms with Crippen molar-refractivity contribution in [1.29, 1.82) is 0 Å². The molecule has 0 bridgehead atoms. The maximum absolute atomic E-state index is 14.9. The standard InChI is InChI=1S/C44H64N8O9S2/c1-7-44(41(55)56)20-13-11-9-10-12-17-32(47-42(57)48-35(28-15-14-16-28)25-51(5)63(58,59)8-2)40(54)52-24-30(22-37(52)39(53)50-44)61-38-23-34(36-26-62-43(49-36)45-27(3)4)46-33-21-29(60-6)18-19-31(33)38/h13,18-21,23,26-28,30,32,35,37,41,55-56H,7-12,14-17,22,24-25H2,1-6H3,(H,45,49)(H,50,53)(H2,47,48,57)/b20-13-/t30-,32+,35?,37+,44-/m1/s1. The lowest BCUT2D eigenvalue weighted by Crippen LogP contribution is -2.61. The van der Waals surface area contributed by atoms with Crippen LogP contribution < -0.4 is 30.7 Å². The van der Waals surface area contributed by atoms with Crippen molar-refractivity contribution in [3.63, 3.8) is 0 Å². The number of anilines is 1. The van der Waals surface area contributed by atoms with Crippen LogP contribution in [0.25, 0.3) is 22.3 Å². The maximum atomic E-state index is 14.9. The Hall–Kier alpha value is -4.56. The minimum atomic E-state index is -3.50. The number of aromatic nitrogens is 2. The van der Waals surface area contributed by atoms with Crippen molar-refractivity contribution in [3.05, 3.63) is 41.8 Å². The first-order chi connectivity index (χ1) is 30.1. The molecule has 2 aromatic heterocycles. The summed E-state index contributed by atoms with van der Waals surface area (Å²) in [5.74, 6) is -0.0199. The van der Waals surface area contributed by atoms with E-state index in [1.807, 2.05) is 31.4 Å². The van der Waals surface area contributed by atoms with Gasteiger partial charge in [0.2, 0.25) is 21.8 Å². The van der Waals surface area contributed by atoms with Gasteiger partial charge in [0.25, 0.3) is 0 Å². The molecule has 0 spiro atoms. The number of hydrogen-bond donors (Lipinski definition) is 6. The van der Waals surface area contributed by atoms with E-state index in [1.54, 1.807) is 45.2 Å². The Kier molecular flexibility index (Phi) is 15.9. The minimum absolute atomic E-state index is 0.0216. The second kappa shape index (κ2) is 21.0. The number of thiazole rings is 1. The van der Waals surface area contributed by atoms with Gasteiger partial charge >= 0.3 is 6.03 Å². The van der Waals surface area contributed by atoms with Gasteiger partial charge in [0.05, 0.1) is 30.6 Å². The number of aliphatic hydroxyl groups excluding tert-OH is 1. The molecule has 3 aromatic rings. The highest BCUT2D eigenvalue weighted by Gasteiger charge is 2.46. The Balaban J connectivity index is 1.32. The number of likely N-dealkylation sites (N-methyl/N-ethyl adjacent to an activating group) is 1. The van der Waals surface area contributed by atoms with E-state index < -0.39 is 63.9 Å². The third kappa shape index (κ3) is 11.6. The van der Waals surface area contributed by atoms with Crippen LogP contribution in [0.4, 0.5) is 9.93 Å². The summed E-state index contributed by atoms with van der Waals surface area (Å²) < 4.78 is 38.9. The third-order valence-electron chi connectivity index (χ3n) is 12.4. The fourth-order valence-corrected chi connectivity index (χ4v) is 10.0. The fourth-order valence-electron chi connectivity index (χ4n) is 8.36. The van der Waals surface area contributed by atoms with Crippen molar-refractivity contribution in [2.75, 3.05) is 38.3 Å². The van der Waals surface area contributed by atoms with Crippen LogP contribution in [0.2, 0.25) is 0 Å². The van der Waals surface area contributed by atoms with E-state index in [0.29, 0.717) is 53.1 Å². The molecular weight excluding hydrogens is 849 g/mol. The Morgan fingerprint density at radius 1 is 1.08 bits per heavy atom. The smallest absolute Gasteiger partial charge is 0.315 e. The molecule has 1 saturated heterocycles. The molecule has 3 aliphatic rings. The third-order valence-corrected chi connectivity index (χ3v) is 15.0. The van der Waals surface area contributed by atoms with Crippen molar-refractivity contribution >= 4 is 55.2 Å². The van der Waals surface area contributed by atoms with Gasteiger partial charge in [0, 0.05) is 55.0 Å². The van der Waals surface area contributed by atoms with Crippen LogP contribution >= 0.6 is 11.3 Å². The quantitative estimate of drug-likeness (QED) is 0.0898. The second-order valence-corrected chi connectivity index (χ2v) is 20.4. The number of hydrogen-bond acceptors (Lipinski definition) is 13. The van der Waals surface area contributed by atoms with Crippen molar-refractivity contribution in [2.24, 2.45) is 5.92 Å². The highest BCUT2D eigenvalue weighted by molar-refractivity contribution is 7.89. The van der Waals surface area contributed by atoms with E-state index in [0.717, 1.165) is 37.2 Å². The molecule has 346 valence electrons. The molecule has 1 aliphatic carbocycles. The molecule has 6 rings (SSSR count). The molecule has 1 aromatic carbocycles. The monoisotopic (exact) mass is 912 g/mol. The number of carbonyl (C=O) groups is 3. The summed E-state index contributed by atoms with van der Waals surface area (Å²) in [4.78, 5) is 54.3. The van der Waals surface area contributed by atoms with E-state index in [1.165, 1.54) is 27.6 Å². The summed E-state index contributed by atoms with van der Waals surface area (Å²) in [5.41, 5.74) is 0.250. The van der Waals surface area contributed by atoms with Crippen LogP contribution in [0.3, 0.4) is 0 Å². The topological polar surface area (TPSA) is 225 Å². The number of ether oxygens (including phenoxy) is 2. The summed E-state index contributed by atoms with van der Waals surface area (Å²) in [6.07, 6.45) is 6.64. The van der Waals surface area contributed by atoms with Crippen LogP contribution in [-0.4, -0.2) is 131 Å². The second-order valence-electron chi connectivity index (χ2n) is 17.2. The van der Waals surface area contributed by atoms with Gasteiger partial charge in [-0.05, 0) is 77.3 Å². The van der Waals surface area contributed by atoms with Gasteiger partial charge < -0.3 is 45.9 Å². The number of carbonyl (C=O) groups excluding carboxylic acids is 3. The molecule has 19 heteroatoms. The number of rotatable bonds is 15. The van der Waals surface area contributed by atoms with E-state index >= 15 is 0 Å². The average Bonchev–Trinajstić information content (AvgIpc) is 3.88. The molecule has 17 nitrogen and oxygen atoms in total. The van der Waals surface area contributed by atoms with Gasteiger partial charge in [-0.25, -0.2) is 27.5 Å². The zero-order chi connectivity index (χ0) is 45.5. The Morgan fingerprint density at radius 2 is 1.86 bits per heavy atom. The lowest BCUT2D eigenvalue weighted by molar-refractivity contribution is -0.144. The molecule has 63 heavy (non-hydrogen) atoms. The van der Waals surface area contributed by atoms with E-state index in [4.69, 9.17) is 19.4 Å². The Morgan fingerprint density at radius 3 is 2.52 bits per heavy atom. The molecule has 4 amide bonds. The summed E-state index contributed by atoms with van der Waals surface area (Å²) >= 11 is 1.45. The van der Waals surface area contributed by atoms with Crippen LogP contribution in [0.15, 0.2) is 41.8 Å². The van der Waals surface area contributed by atoms with Gasteiger partial charge in [0.15, 0.2) is 11.4 Å². The van der Waals surface area contributed by atoms with Crippen molar-refractivity contribution in [2.45, 2.75) is 134 Å². The number of methoxy groups -OCH3 is 1. The molecule has 4 heterocycles. The molecule has 2 fully saturated rings. The molecule has 0 radical (unpaired) electrons. The Labute approximate surface area is 374 Å². The fraction of sp³-hybridized carbons (Fsp3) is 0.614. The lowest BCUT2D eigenvalue weighted by atomic mass is 9.79. The number of nitrogens with zero attached hydrogens (tertiary/aromatic N) is 4. The van der Waals surface area contributed by atoms with Crippen molar-refractivity contribution < 1.29 is 42.5 Å². The molecule has 1 unspecified atom stereocenters. The van der Waals surface area contributed by atoms with E-state index in [9.17, 15) is 33.0 Å². The van der Waals surface area contributed by atoms with Crippen molar-refractivity contribution in [1.82, 2.24) is 35.1 Å². The number of amides is 4. The van der Waals surface area contributed by atoms with E-state index in [2.05, 4.69) is 21.3 Å². The zero-order valence-corrected chi connectivity index (χ0v) is 38.8. The first-order valence-electron chi connectivity index (χ1n) is 22.1. The van der Waals surface area contributed by atoms with Crippen LogP contribution in [0.1, 0.15) is 91.9 Å². The first-order valence-corrected chi connectivity index (χ1v) is 24.6. The highest BCUT2D eigenvalue weighted by atomic mass is 32.2. The molecule has 2 aliphatic heterocycles. The predicted octanol–water partition coefficient (Wildman–Crippen LogP) is 4.75. The summed E-state index contributed by atoms with van der Waals surface area (Å²) in [6, 6.07) is 4.20. The zero-order valence-electron chi connectivity index (χ0n) is 37.1. The number of pyridine rings is 1. The Bertz CT molecular complexity index is 2220. The number of fused-ring (bicyclic) bond motifs is 2. The first kappa shape index (κ1) is 47.9. The maximum Gasteiger partial charge on any atom is 0.315 e. The summed E-state index contributed by atoms with van der Waals surface area (Å²) in [5, 5.41) is 36.7. The number of aliphatic hydroxyl groups is 2. The number of allylic oxidation sites excluding steroid dienone is 1. The van der Waals surface area contributed by atoms with Crippen LogP contribution in [0.5, 0.6) is 11.5 Å². The molecule has 5 atom stereocenters. The number of benzene rings is 1. The van der Waals surface area contributed by atoms with Gasteiger partial charge in [-0.15, -0.1) is 11.3 Å². The molecular formula is C44H64N8O9S2. The van der Waals surface area contributed by atoms with Crippen LogP contribution in [0, 0.1) is 5.92 Å². The van der Waals surface area contributed by atoms with Crippen molar-refractivity contribution in [3.8, 4) is 22.9 Å². The number of sulfonamides is 1. The molecule has 1 saturated carbocycles. The van der Waals surface area contributed by atoms with Gasteiger partial charge in [-0.3, -0.25) is 9.59 Å². The normalized spacial score (nSPS) is 23.8. The summed E-state index contributed by atoms with van der Waals surface area (Å²) in [6.45, 7) is 7.45.